The third kappa shape index (κ3) is 3.74. The Morgan fingerprint density at radius 1 is 1.31 bits per heavy atom. The van der Waals surface area contributed by atoms with Crippen LogP contribution in [0, 0.1) is 0 Å². The van der Waals surface area contributed by atoms with Gasteiger partial charge in [0.15, 0.2) is 0 Å². The van der Waals surface area contributed by atoms with Gasteiger partial charge in [-0.05, 0) is 36.8 Å². The molecule has 29 heavy (non-hydrogen) atoms. The number of aliphatic imine (C=N–C) groups is 1. The molecule has 0 spiro atoms. The van der Waals surface area contributed by atoms with Crippen LogP contribution < -0.4 is 0 Å². The average molecular weight is 450 g/mol. The molecule has 1 aliphatic heterocycles. The first-order valence-electron chi connectivity index (χ1n) is 8.06. The van der Waals surface area contributed by atoms with Crippen LogP contribution in [0.3, 0.4) is 0 Å². The highest BCUT2D eigenvalue weighted by Gasteiger charge is 2.39. The number of carbonyl (C=O) groups is 1. The van der Waals surface area contributed by atoms with E-state index >= 15 is 0 Å². The number of carboxylic acid groups (broad SMARTS) is 1. The van der Waals surface area contributed by atoms with Gasteiger partial charge in [-0.3, -0.25) is 9.79 Å². The topological polar surface area (TPSA) is 83.8 Å². The Hall–Kier alpha value is -2.46. The van der Waals surface area contributed by atoms with E-state index in [2.05, 4.69) is 4.99 Å². The number of carboxylic acids is 1. The van der Waals surface area contributed by atoms with Crippen molar-refractivity contribution in [2.75, 3.05) is 0 Å². The second-order valence-electron chi connectivity index (χ2n) is 6.30. The quantitative estimate of drug-likeness (QED) is 0.666. The predicted molar refractivity (Wildman–Crippen MR) is 96.9 cm³/mol. The highest BCUT2D eigenvalue weighted by molar-refractivity contribution is 7.95. The van der Waals surface area contributed by atoms with Crippen LogP contribution in [0.25, 0.3) is 0 Å². The fourth-order valence-electron chi connectivity index (χ4n) is 3.13. The van der Waals surface area contributed by atoms with Crippen LogP contribution in [0.2, 0.25) is 5.02 Å². The largest absolute Gasteiger partial charge is 0.481 e. The van der Waals surface area contributed by atoms with E-state index in [0.29, 0.717) is 18.2 Å². The first-order chi connectivity index (χ1) is 13.3. The van der Waals surface area contributed by atoms with Gasteiger partial charge in [-0.1, -0.05) is 11.6 Å². The summed E-state index contributed by atoms with van der Waals surface area (Å²) in [6.45, 7) is 1.46. The zero-order valence-corrected chi connectivity index (χ0v) is 16.2. The number of alkyl halides is 3. The predicted octanol–water partition coefficient (Wildman–Crippen LogP) is 4.85. The van der Waals surface area contributed by atoms with Gasteiger partial charge in [0.25, 0.3) is 0 Å². The lowest BCUT2D eigenvalue weighted by Crippen LogP contribution is -2.18. The molecule has 0 bridgehead atoms. The Morgan fingerprint density at radius 3 is 2.52 bits per heavy atom. The van der Waals surface area contributed by atoms with Crippen LogP contribution in [0.4, 0.5) is 17.6 Å². The number of fused-ring (bicyclic) bond motifs is 1. The Balaban J connectivity index is 2.24. The molecule has 1 aromatic rings. The fraction of sp³-hybridized carbons (Fsp3) is 0.222. The fourth-order valence-corrected chi connectivity index (χ4v) is 5.25. The molecular weight excluding hydrogens is 438 g/mol. The SMILES string of the molecule is CC1=C(CC(=O)O)C2=C(S(=O)(=O)c3ccc(C(F)(F)F)cc3Cl)C(F)=CCC2=N1. The minimum Gasteiger partial charge on any atom is -0.481 e. The summed E-state index contributed by atoms with van der Waals surface area (Å²) in [5, 5.41) is 8.38. The maximum absolute atomic E-state index is 14.7. The van der Waals surface area contributed by atoms with E-state index < -0.39 is 54.6 Å². The molecule has 0 unspecified atom stereocenters. The lowest BCUT2D eigenvalue weighted by Gasteiger charge is -2.19. The highest BCUT2D eigenvalue weighted by Crippen LogP contribution is 2.43. The van der Waals surface area contributed by atoms with E-state index in [-0.39, 0.29) is 29.0 Å². The van der Waals surface area contributed by atoms with Gasteiger partial charge >= 0.3 is 12.1 Å². The molecular formula is C18H12ClF4NO4S. The van der Waals surface area contributed by atoms with Gasteiger partial charge in [-0.15, -0.1) is 0 Å². The lowest BCUT2D eigenvalue weighted by molar-refractivity contribution is -0.138. The number of nitrogens with zero attached hydrogens (tertiary/aromatic N) is 1. The Labute approximate surface area is 167 Å². The summed E-state index contributed by atoms with van der Waals surface area (Å²) in [6, 6.07) is 1.61. The summed E-state index contributed by atoms with van der Waals surface area (Å²) >= 11 is 5.80. The molecule has 0 aromatic heterocycles. The molecule has 0 atom stereocenters. The van der Waals surface area contributed by atoms with Crippen LogP contribution in [-0.2, 0) is 20.8 Å². The molecule has 3 rings (SSSR count). The van der Waals surface area contributed by atoms with E-state index in [9.17, 15) is 30.8 Å². The molecule has 2 aliphatic rings. The van der Waals surface area contributed by atoms with Crippen LogP contribution >= 0.6 is 11.6 Å². The first kappa shape index (κ1) is 21.3. The van der Waals surface area contributed by atoms with Crippen molar-refractivity contribution in [3.8, 4) is 0 Å². The Bertz CT molecular complexity index is 1160. The molecule has 1 aromatic carbocycles. The van der Waals surface area contributed by atoms with Crippen LogP contribution in [0.1, 0.15) is 25.3 Å². The maximum atomic E-state index is 14.7. The second-order valence-corrected chi connectivity index (χ2v) is 8.56. The number of hydrogen-bond donors (Lipinski definition) is 1. The molecule has 154 valence electrons. The number of allylic oxidation sites excluding steroid dienone is 4. The number of aliphatic carboxylic acids is 1. The van der Waals surface area contributed by atoms with Crippen molar-refractivity contribution in [3.05, 3.63) is 62.4 Å². The third-order valence-corrected chi connectivity index (χ3v) is 6.69. The molecule has 1 heterocycles. The van der Waals surface area contributed by atoms with E-state index in [1.165, 1.54) is 6.92 Å². The van der Waals surface area contributed by atoms with E-state index in [1.54, 1.807) is 0 Å². The molecule has 1 N–H and O–H groups in total. The Kier molecular flexibility index (Phi) is 5.20. The van der Waals surface area contributed by atoms with Crippen molar-refractivity contribution in [2.24, 2.45) is 4.99 Å². The van der Waals surface area contributed by atoms with Gasteiger partial charge in [0.2, 0.25) is 9.84 Å². The average Bonchev–Trinajstić information content (AvgIpc) is 2.88. The second kappa shape index (κ2) is 7.10. The summed E-state index contributed by atoms with van der Waals surface area (Å²) < 4.78 is 79.5. The van der Waals surface area contributed by atoms with Crippen molar-refractivity contribution in [3.63, 3.8) is 0 Å². The summed E-state index contributed by atoms with van der Waals surface area (Å²) in [7, 11) is -4.72. The van der Waals surface area contributed by atoms with Crippen molar-refractivity contribution in [2.45, 2.75) is 30.8 Å². The van der Waals surface area contributed by atoms with Gasteiger partial charge in [0.05, 0.1) is 27.6 Å². The van der Waals surface area contributed by atoms with Gasteiger partial charge in [0, 0.05) is 17.7 Å². The standard InChI is InChI=1S/C18H12ClF4NO4S/c1-8-10(7-15(25)26)16-13(24-8)4-3-12(20)17(16)29(27,28)14-5-2-9(6-11(14)19)18(21,22)23/h2-3,5-6H,4,7H2,1H3,(H,25,26). The number of benzene rings is 1. The Morgan fingerprint density at radius 2 is 1.97 bits per heavy atom. The third-order valence-electron chi connectivity index (χ3n) is 4.39. The monoisotopic (exact) mass is 449 g/mol. The number of halogens is 5. The molecule has 0 saturated carbocycles. The van der Waals surface area contributed by atoms with Crippen molar-refractivity contribution >= 4 is 33.1 Å². The summed E-state index contributed by atoms with van der Waals surface area (Å²) in [4.78, 5) is 13.7. The molecule has 0 saturated heterocycles. The first-order valence-corrected chi connectivity index (χ1v) is 9.92. The lowest BCUT2D eigenvalue weighted by atomic mass is 9.94. The van der Waals surface area contributed by atoms with Gasteiger partial charge in [-0.25, -0.2) is 12.8 Å². The van der Waals surface area contributed by atoms with Gasteiger partial charge in [0.1, 0.15) is 10.7 Å². The molecule has 1 aliphatic carbocycles. The maximum Gasteiger partial charge on any atom is 0.416 e. The number of rotatable bonds is 4. The van der Waals surface area contributed by atoms with Crippen molar-refractivity contribution in [1.29, 1.82) is 0 Å². The van der Waals surface area contributed by atoms with E-state index in [0.717, 1.165) is 6.08 Å². The van der Waals surface area contributed by atoms with Crippen molar-refractivity contribution in [1.82, 2.24) is 0 Å². The van der Waals surface area contributed by atoms with Gasteiger partial charge in [-0.2, -0.15) is 13.2 Å². The minimum atomic E-state index is -4.75. The highest BCUT2D eigenvalue weighted by atomic mass is 35.5. The van der Waals surface area contributed by atoms with Crippen LogP contribution in [-0.4, -0.2) is 25.2 Å². The van der Waals surface area contributed by atoms with E-state index in [1.807, 2.05) is 0 Å². The van der Waals surface area contributed by atoms with Crippen molar-refractivity contribution < 1.29 is 35.9 Å². The van der Waals surface area contributed by atoms with Gasteiger partial charge < -0.3 is 5.11 Å². The number of hydrogen-bond acceptors (Lipinski definition) is 4. The summed E-state index contributed by atoms with van der Waals surface area (Å²) in [5.74, 6) is -2.42. The summed E-state index contributed by atoms with van der Waals surface area (Å²) in [5.41, 5.74) is -0.920. The van der Waals surface area contributed by atoms with Crippen LogP contribution in [0.15, 0.2) is 61.7 Å². The zero-order chi connectivity index (χ0) is 21.7. The minimum absolute atomic E-state index is 0.0253. The smallest absolute Gasteiger partial charge is 0.416 e. The zero-order valence-electron chi connectivity index (χ0n) is 14.6. The summed E-state index contributed by atoms with van der Waals surface area (Å²) in [6.07, 6.45) is -4.43. The van der Waals surface area contributed by atoms with E-state index in [4.69, 9.17) is 16.7 Å². The van der Waals surface area contributed by atoms with Crippen LogP contribution in [0.5, 0.6) is 0 Å². The molecule has 5 nitrogen and oxygen atoms in total. The number of sulfone groups is 1. The molecule has 11 heteroatoms. The molecule has 0 amide bonds. The molecule has 0 fully saturated rings. The molecule has 0 radical (unpaired) electrons. The normalized spacial score (nSPS) is 17.3.